The van der Waals surface area contributed by atoms with Crippen molar-refractivity contribution < 1.29 is 9.84 Å². The van der Waals surface area contributed by atoms with Gasteiger partial charge in [-0.2, -0.15) is 0 Å². The summed E-state index contributed by atoms with van der Waals surface area (Å²) in [4.78, 5) is 6.95. The Bertz CT molecular complexity index is 1530. The second-order valence-electron chi connectivity index (χ2n) is 9.77. The standard InChI is InChI=1S/C32H31ClN2O2/c1-35(2)19-18-32(36,28-15-9-13-22-10-7-8-14-26(22)28)30(23-11-5-4-6-12-23)27-21-24-20-25(33)16-17-29(24)34-31(27)37-3/h4-17,20-21,30,36H,18-19H2,1-3H3. The van der Waals surface area contributed by atoms with Gasteiger partial charge in [0.15, 0.2) is 0 Å². The lowest BCUT2D eigenvalue weighted by atomic mass is 9.70. The normalized spacial score (nSPS) is 14.1. The van der Waals surface area contributed by atoms with Crippen LogP contribution < -0.4 is 4.74 Å². The maximum Gasteiger partial charge on any atom is 0.217 e. The zero-order chi connectivity index (χ0) is 26.0. The predicted octanol–water partition coefficient (Wildman–Crippen LogP) is 7.02. The number of nitrogens with zero attached hydrogens (tertiary/aromatic N) is 2. The molecule has 5 rings (SSSR count). The SMILES string of the molecule is COc1nc2ccc(Cl)cc2cc1C(c1ccccc1)C(O)(CCN(C)C)c1cccc2ccccc12. The molecule has 4 nitrogen and oxygen atoms in total. The van der Waals surface area contributed by atoms with Gasteiger partial charge < -0.3 is 14.7 Å². The first-order chi connectivity index (χ1) is 17.9. The number of ether oxygens (including phenoxy) is 1. The molecule has 0 aliphatic heterocycles. The van der Waals surface area contributed by atoms with E-state index in [1.165, 1.54) is 0 Å². The number of hydrogen-bond acceptors (Lipinski definition) is 4. The highest BCUT2D eigenvalue weighted by atomic mass is 35.5. The molecule has 4 aromatic carbocycles. The predicted molar refractivity (Wildman–Crippen MR) is 153 cm³/mol. The summed E-state index contributed by atoms with van der Waals surface area (Å²) in [6.45, 7) is 0.693. The first-order valence-electron chi connectivity index (χ1n) is 12.4. The Morgan fingerprint density at radius 2 is 1.62 bits per heavy atom. The van der Waals surface area contributed by atoms with Gasteiger partial charge >= 0.3 is 0 Å². The molecule has 0 fully saturated rings. The van der Waals surface area contributed by atoms with E-state index in [1.807, 2.05) is 74.8 Å². The van der Waals surface area contributed by atoms with E-state index in [1.54, 1.807) is 7.11 Å². The summed E-state index contributed by atoms with van der Waals surface area (Å²) in [6, 6.07) is 32.2. The summed E-state index contributed by atoms with van der Waals surface area (Å²) in [5.41, 5.74) is 2.21. The summed E-state index contributed by atoms with van der Waals surface area (Å²) in [7, 11) is 5.69. The molecule has 2 unspecified atom stereocenters. The van der Waals surface area contributed by atoms with Gasteiger partial charge in [-0.25, -0.2) is 4.98 Å². The van der Waals surface area contributed by atoms with E-state index >= 15 is 0 Å². The number of pyridine rings is 1. The van der Waals surface area contributed by atoms with E-state index in [0.717, 1.165) is 38.4 Å². The van der Waals surface area contributed by atoms with Crippen molar-refractivity contribution in [1.82, 2.24) is 9.88 Å². The summed E-state index contributed by atoms with van der Waals surface area (Å²) in [5, 5.41) is 16.7. The van der Waals surface area contributed by atoms with Crippen molar-refractivity contribution in [1.29, 1.82) is 0 Å². The Kier molecular flexibility index (Phi) is 7.16. The highest BCUT2D eigenvalue weighted by Crippen LogP contribution is 2.49. The second-order valence-corrected chi connectivity index (χ2v) is 10.2. The molecule has 0 spiro atoms. The average molecular weight is 511 g/mol. The molecular formula is C32H31ClN2O2. The van der Waals surface area contributed by atoms with Crippen LogP contribution in [0.4, 0.5) is 0 Å². The third-order valence-electron chi connectivity index (χ3n) is 7.08. The van der Waals surface area contributed by atoms with E-state index < -0.39 is 11.5 Å². The van der Waals surface area contributed by atoms with Gasteiger partial charge in [0.05, 0.1) is 12.6 Å². The number of fused-ring (bicyclic) bond motifs is 2. The minimum Gasteiger partial charge on any atom is -0.481 e. The van der Waals surface area contributed by atoms with Crippen molar-refractivity contribution >= 4 is 33.3 Å². The highest BCUT2D eigenvalue weighted by molar-refractivity contribution is 6.31. The molecule has 188 valence electrons. The maximum absolute atomic E-state index is 13.0. The van der Waals surface area contributed by atoms with Gasteiger partial charge in [-0.3, -0.25) is 0 Å². The highest BCUT2D eigenvalue weighted by Gasteiger charge is 2.43. The van der Waals surface area contributed by atoms with Gasteiger partial charge in [-0.15, -0.1) is 0 Å². The van der Waals surface area contributed by atoms with Crippen molar-refractivity contribution in [2.24, 2.45) is 0 Å². The lowest BCUT2D eigenvalue weighted by Crippen LogP contribution is -2.38. The van der Waals surface area contributed by atoms with Crippen LogP contribution in [-0.4, -0.2) is 42.7 Å². The van der Waals surface area contributed by atoms with Crippen LogP contribution in [0.25, 0.3) is 21.7 Å². The number of halogens is 1. The van der Waals surface area contributed by atoms with Gasteiger partial charge in [0, 0.05) is 28.4 Å². The molecule has 0 aliphatic carbocycles. The van der Waals surface area contributed by atoms with E-state index in [4.69, 9.17) is 21.3 Å². The molecular weight excluding hydrogens is 480 g/mol. The summed E-state index contributed by atoms with van der Waals surface area (Å²) in [6.07, 6.45) is 0.504. The van der Waals surface area contributed by atoms with Crippen molar-refractivity contribution in [2.45, 2.75) is 17.9 Å². The first-order valence-corrected chi connectivity index (χ1v) is 12.8. The minimum absolute atomic E-state index is 0.453. The van der Waals surface area contributed by atoms with E-state index in [-0.39, 0.29) is 0 Å². The fourth-order valence-corrected chi connectivity index (χ4v) is 5.49. The number of hydrogen-bond donors (Lipinski definition) is 1. The number of rotatable bonds is 8. The van der Waals surface area contributed by atoms with Gasteiger partial charge in [0.25, 0.3) is 0 Å². The van der Waals surface area contributed by atoms with Crippen molar-refractivity contribution in [3.05, 3.63) is 119 Å². The maximum atomic E-state index is 13.0. The molecule has 0 saturated carbocycles. The van der Waals surface area contributed by atoms with Crippen molar-refractivity contribution in [2.75, 3.05) is 27.7 Å². The fraction of sp³-hybridized carbons (Fsp3) is 0.219. The van der Waals surface area contributed by atoms with E-state index in [0.29, 0.717) is 23.9 Å². The van der Waals surface area contributed by atoms with Gasteiger partial charge in [-0.05, 0) is 66.7 Å². The Hall–Kier alpha value is -3.44. The van der Waals surface area contributed by atoms with Crippen LogP contribution in [0.15, 0.2) is 97.1 Å². The second kappa shape index (κ2) is 10.5. The topological polar surface area (TPSA) is 45.6 Å². The molecule has 0 radical (unpaired) electrons. The molecule has 0 bridgehead atoms. The molecule has 5 heteroatoms. The number of benzene rings is 4. The Morgan fingerprint density at radius 3 is 2.38 bits per heavy atom. The quantitative estimate of drug-likeness (QED) is 0.243. The fourth-order valence-electron chi connectivity index (χ4n) is 5.31. The first kappa shape index (κ1) is 25.2. The third-order valence-corrected chi connectivity index (χ3v) is 7.32. The number of aliphatic hydroxyl groups is 1. The number of aromatic nitrogens is 1. The number of methoxy groups -OCH3 is 1. The summed E-state index contributed by atoms with van der Waals surface area (Å²) < 4.78 is 5.86. The van der Waals surface area contributed by atoms with Crippen LogP contribution in [0.3, 0.4) is 0 Å². The van der Waals surface area contributed by atoms with Gasteiger partial charge in [-0.1, -0.05) is 84.4 Å². The lowest BCUT2D eigenvalue weighted by Gasteiger charge is -2.39. The average Bonchev–Trinajstić information content (AvgIpc) is 2.92. The zero-order valence-electron chi connectivity index (χ0n) is 21.4. The Labute approximate surface area is 223 Å². The summed E-state index contributed by atoms with van der Waals surface area (Å²) in [5.74, 6) is 0.0393. The van der Waals surface area contributed by atoms with Crippen LogP contribution in [0, 0.1) is 0 Å². The molecule has 2 atom stereocenters. The van der Waals surface area contributed by atoms with Crippen molar-refractivity contribution in [3.8, 4) is 5.88 Å². The summed E-state index contributed by atoms with van der Waals surface area (Å²) >= 11 is 6.36. The molecule has 0 saturated heterocycles. The van der Waals surface area contributed by atoms with Crippen molar-refractivity contribution in [3.63, 3.8) is 0 Å². The van der Waals surface area contributed by atoms with Crippen LogP contribution in [0.1, 0.15) is 29.0 Å². The molecule has 0 amide bonds. The largest absolute Gasteiger partial charge is 0.481 e. The van der Waals surface area contributed by atoms with Crippen LogP contribution in [-0.2, 0) is 5.60 Å². The third kappa shape index (κ3) is 4.93. The van der Waals surface area contributed by atoms with Crippen LogP contribution in [0.5, 0.6) is 5.88 Å². The van der Waals surface area contributed by atoms with E-state index in [2.05, 4.69) is 41.3 Å². The zero-order valence-corrected chi connectivity index (χ0v) is 22.1. The Morgan fingerprint density at radius 1 is 0.892 bits per heavy atom. The van der Waals surface area contributed by atoms with E-state index in [9.17, 15) is 5.11 Å². The smallest absolute Gasteiger partial charge is 0.217 e. The van der Waals surface area contributed by atoms with Crippen LogP contribution >= 0.6 is 11.6 Å². The minimum atomic E-state index is -1.27. The molecule has 1 N–H and O–H groups in total. The molecule has 1 heterocycles. The Balaban J connectivity index is 1.84. The van der Waals surface area contributed by atoms with Gasteiger partial charge in [0.2, 0.25) is 5.88 Å². The molecule has 5 aromatic rings. The lowest BCUT2D eigenvalue weighted by molar-refractivity contribution is 0.00520. The molecule has 1 aromatic heterocycles. The van der Waals surface area contributed by atoms with Crippen LogP contribution in [0.2, 0.25) is 5.02 Å². The molecule has 37 heavy (non-hydrogen) atoms. The molecule has 0 aliphatic rings. The monoisotopic (exact) mass is 510 g/mol. The van der Waals surface area contributed by atoms with Gasteiger partial charge in [0.1, 0.15) is 5.60 Å².